The lowest BCUT2D eigenvalue weighted by molar-refractivity contribution is -0.384. The third-order valence-corrected chi connectivity index (χ3v) is 2.00. The van der Waals surface area contributed by atoms with E-state index in [2.05, 4.69) is 5.32 Å². The van der Waals surface area contributed by atoms with Crippen LogP contribution < -0.4 is 5.32 Å². The Labute approximate surface area is 94.3 Å². The molecular weight excluding hydrogens is 208 g/mol. The number of benzene rings is 1. The summed E-state index contributed by atoms with van der Waals surface area (Å²) in [6, 6.07) is 4.77. The molecule has 0 aliphatic rings. The van der Waals surface area contributed by atoms with Crippen molar-refractivity contribution in [3.63, 3.8) is 0 Å². The van der Waals surface area contributed by atoms with Crippen LogP contribution >= 0.6 is 0 Å². The zero-order valence-corrected chi connectivity index (χ0v) is 9.65. The fourth-order valence-electron chi connectivity index (χ4n) is 1.29. The molecule has 0 spiro atoms. The quantitative estimate of drug-likeness (QED) is 0.606. The van der Waals surface area contributed by atoms with Crippen molar-refractivity contribution in [2.45, 2.75) is 26.4 Å². The second-order valence-electron chi connectivity index (χ2n) is 4.48. The van der Waals surface area contributed by atoms with Gasteiger partial charge in [-0.1, -0.05) is 0 Å². The summed E-state index contributed by atoms with van der Waals surface area (Å²) in [5.41, 5.74) is 0.665. The standard InChI is InChI=1S/C11H16N2O3/c1-8-4-9(12-7-11(2,3)14)6-10(5-8)13(15)16/h4-6,12,14H,7H2,1-3H3. The molecule has 0 fully saturated rings. The maximum Gasteiger partial charge on any atom is 0.271 e. The number of aryl methyl sites for hydroxylation is 1. The Morgan fingerprint density at radius 1 is 1.44 bits per heavy atom. The summed E-state index contributed by atoms with van der Waals surface area (Å²) in [5.74, 6) is 0. The highest BCUT2D eigenvalue weighted by molar-refractivity contribution is 5.53. The predicted molar refractivity (Wildman–Crippen MR) is 62.6 cm³/mol. The molecule has 0 saturated heterocycles. The van der Waals surface area contributed by atoms with Crippen molar-refractivity contribution in [1.29, 1.82) is 0 Å². The maximum absolute atomic E-state index is 10.6. The van der Waals surface area contributed by atoms with E-state index < -0.39 is 10.5 Å². The number of non-ortho nitro benzene ring substituents is 1. The van der Waals surface area contributed by atoms with Gasteiger partial charge in [0.2, 0.25) is 0 Å². The molecule has 0 bridgehead atoms. The van der Waals surface area contributed by atoms with Gasteiger partial charge in [0.15, 0.2) is 0 Å². The van der Waals surface area contributed by atoms with Gasteiger partial charge in [-0.3, -0.25) is 10.1 Å². The molecule has 16 heavy (non-hydrogen) atoms. The summed E-state index contributed by atoms with van der Waals surface area (Å²) >= 11 is 0. The molecule has 1 aromatic carbocycles. The molecule has 0 atom stereocenters. The molecule has 1 aromatic rings. The van der Waals surface area contributed by atoms with Crippen molar-refractivity contribution >= 4 is 11.4 Å². The van der Waals surface area contributed by atoms with Crippen molar-refractivity contribution in [3.8, 4) is 0 Å². The molecule has 5 nitrogen and oxygen atoms in total. The van der Waals surface area contributed by atoms with E-state index in [0.717, 1.165) is 5.56 Å². The fourth-order valence-corrected chi connectivity index (χ4v) is 1.29. The van der Waals surface area contributed by atoms with Crippen LogP contribution in [0.25, 0.3) is 0 Å². The molecule has 0 amide bonds. The molecule has 0 aliphatic heterocycles. The van der Waals surface area contributed by atoms with Crippen LogP contribution in [-0.4, -0.2) is 22.2 Å². The smallest absolute Gasteiger partial charge is 0.271 e. The second kappa shape index (κ2) is 4.49. The lowest BCUT2D eigenvalue weighted by atomic mass is 10.1. The number of aliphatic hydroxyl groups is 1. The van der Waals surface area contributed by atoms with Gasteiger partial charge in [0.05, 0.1) is 10.5 Å². The molecule has 0 unspecified atom stereocenters. The van der Waals surface area contributed by atoms with Crippen LogP contribution in [0.4, 0.5) is 11.4 Å². The molecule has 0 saturated carbocycles. The van der Waals surface area contributed by atoms with Gasteiger partial charge in [-0.15, -0.1) is 0 Å². The van der Waals surface area contributed by atoms with Crippen LogP contribution in [0.5, 0.6) is 0 Å². The van der Waals surface area contributed by atoms with Gasteiger partial charge in [0, 0.05) is 24.4 Å². The Morgan fingerprint density at radius 3 is 2.56 bits per heavy atom. The molecule has 0 heterocycles. The van der Waals surface area contributed by atoms with Crippen LogP contribution in [-0.2, 0) is 0 Å². The van der Waals surface area contributed by atoms with Gasteiger partial charge < -0.3 is 10.4 Å². The normalized spacial score (nSPS) is 11.2. The molecule has 1 rings (SSSR count). The Kier molecular flexibility index (Phi) is 3.49. The van der Waals surface area contributed by atoms with Gasteiger partial charge in [0.25, 0.3) is 5.69 Å². The SMILES string of the molecule is Cc1cc(NCC(C)(C)O)cc([N+](=O)[O-])c1. The van der Waals surface area contributed by atoms with Gasteiger partial charge in [-0.2, -0.15) is 0 Å². The Balaban J connectivity index is 2.85. The van der Waals surface area contributed by atoms with Crippen LogP contribution in [0.1, 0.15) is 19.4 Å². The predicted octanol–water partition coefficient (Wildman–Crippen LogP) is 2.09. The number of nitrogens with one attached hydrogen (secondary N) is 1. The largest absolute Gasteiger partial charge is 0.389 e. The molecule has 0 aliphatic carbocycles. The summed E-state index contributed by atoms with van der Waals surface area (Å²) in [6.45, 7) is 5.48. The number of nitro groups is 1. The zero-order chi connectivity index (χ0) is 12.3. The molecule has 0 radical (unpaired) electrons. The fraction of sp³-hybridized carbons (Fsp3) is 0.455. The molecule has 2 N–H and O–H groups in total. The van der Waals surface area contributed by atoms with E-state index in [1.54, 1.807) is 26.8 Å². The highest BCUT2D eigenvalue weighted by atomic mass is 16.6. The Bertz CT molecular complexity index is 397. The van der Waals surface area contributed by atoms with Crippen molar-refractivity contribution in [2.24, 2.45) is 0 Å². The lowest BCUT2D eigenvalue weighted by Gasteiger charge is -2.18. The monoisotopic (exact) mass is 224 g/mol. The number of rotatable bonds is 4. The highest BCUT2D eigenvalue weighted by Gasteiger charge is 2.13. The summed E-state index contributed by atoms with van der Waals surface area (Å²) < 4.78 is 0. The average molecular weight is 224 g/mol. The minimum absolute atomic E-state index is 0.0539. The first-order valence-electron chi connectivity index (χ1n) is 5.00. The Hall–Kier alpha value is -1.62. The highest BCUT2D eigenvalue weighted by Crippen LogP contribution is 2.20. The van der Waals surface area contributed by atoms with E-state index in [1.807, 2.05) is 0 Å². The van der Waals surface area contributed by atoms with Crippen LogP contribution in [0, 0.1) is 17.0 Å². The lowest BCUT2D eigenvalue weighted by Crippen LogP contribution is -2.29. The Morgan fingerprint density at radius 2 is 2.06 bits per heavy atom. The summed E-state index contributed by atoms with van der Waals surface area (Å²) in [4.78, 5) is 10.2. The third kappa shape index (κ3) is 3.86. The summed E-state index contributed by atoms with van der Waals surface area (Å²) in [6.07, 6.45) is 0. The number of anilines is 1. The number of nitrogens with zero attached hydrogens (tertiary/aromatic N) is 1. The van der Waals surface area contributed by atoms with E-state index in [4.69, 9.17) is 0 Å². The van der Waals surface area contributed by atoms with Crippen molar-refractivity contribution in [2.75, 3.05) is 11.9 Å². The topological polar surface area (TPSA) is 75.4 Å². The summed E-state index contributed by atoms with van der Waals surface area (Å²) in [7, 11) is 0. The molecule has 88 valence electrons. The van der Waals surface area contributed by atoms with E-state index in [9.17, 15) is 15.2 Å². The zero-order valence-electron chi connectivity index (χ0n) is 9.65. The van der Waals surface area contributed by atoms with Crippen LogP contribution in [0.3, 0.4) is 0 Å². The summed E-state index contributed by atoms with van der Waals surface area (Å²) in [5, 5.41) is 23.1. The van der Waals surface area contributed by atoms with E-state index in [0.29, 0.717) is 12.2 Å². The average Bonchev–Trinajstić information content (AvgIpc) is 2.13. The van der Waals surface area contributed by atoms with Crippen LogP contribution in [0.15, 0.2) is 18.2 Å². The third-order valence-electron chi connectivity index (χ3n) is 2.00. The molecular formula is C11H16N2O3. The van der Waals surface area contributed by atoms with E-state index in [1.165, 1.54) is 12.1 Å². The van der Waals surface area contributed by atoms with Crippen LogP contribution in [0.2, 0.25) is 0 Å². The first-order chi connectivity index (χ1) is 7.28. The maximum atomic E-state index is 10.6. The number of hydrogen-bond donors (Lipinski definition) is 2. The van der Waals surface area contributed by atoms with Gasteiger partial charge >= 0.3 is 0 Å². The first-order valence-corrected chi connectivity index (χ1v) is 5.00. The van der Waals surface area contributed by atoms with Crippen molar-refractivity contribution in [3.05, 3.63) is 33.9 Å². The second-order valence-corrected chi connectivity index (χ2v) is 4.48. The number of nitro benzene ring substituents is 1. The van der Waals surface area contributed by atoms with Gasteiger partial charge in [-0.05, 0) is 32.4 Å². The van der Waals surface area contributed by atoms with Crippen molar-refractivity contribution < 1.29 is 10.0 Å². The minimum atomic E-state index is -0.849. The first kappa shape index (κ1) is 12.4. The van der Waals surface area contributed by atoms with Gasteiger partial charge in [0.1, 0.15) is 0 Å². The molecule has 5 heteroatoms. The minimum Gasteiger partial charge on any atom is -0.389 e. The van der Waals surface area contributed by atoms with Crippen molar-refractivity contribution in [1.82, 2.24) is 0 Å². The number of hydrogen-bond acceptors (Lipinski definition) is 4. The van der Waals surface area contributed by atoms with E-state index in [-0.39, 0.29) is 5.69 Å². The van der Waals surface area contributed by atoms with Gasteiger partial charge in [-0.25, -0.2) is 0 Å². The van der Waals surface area contributed by atoms with E-state index >= 15 is 0 Å². The molecule has 0 aromatic heterocycles.